The van der Waals surface area contributed by atoms with Crippen LogP contribution in [0.25, 0.3) is 0 Å². The highest BCUT2D eigenvalue weighted by molar-refractivity contribution is 7.09. The monoisotopic (exact) mass is 233 g/mol. The van der Waals surface area contributed by atoms with Crippen LogP contribution in [0.15, 0.2) is 30.0 Å². The molecule has 0 spiro atoms. The van der Waals surface area contributed by atoms with Crippen LogP contribution < -0.4 is 5.73 Å². The van der Waals surface area contributed by atoms with Gasteiger partial charge in [-0.05, 0) is 30.4 Å². The van der Waals surface area contributed by atoms with Crippen molar-refractivity contribution in [3.63, 3.8) is 0 Å². The van der Waals surface area contributed by atoms with Crippen LogP contribution in [-0.2, 0) is 6.54 Å². The van der Waals surface area contributed by atoms with Crippen LogP contribution in [0.2, 0.25) is 0 Å². The average molecular weight is 233 g/mol. The van der Waals surface area contributed by atoms with Crippen LogP contribution in [0, 0.1) is 5.92 Å². The molecule has 0 aliphatic heterocycles. The summed E-state index contributed by atoms with van der Waals surface area (Å²) < 4.78 is 2.16. The van der Waals surface area contributed by atoms with E-state index in [4.69, 9.17) is 5.73 Å². The van der Waals surface area contributed by atoms with Crippen LogP contribution in [0.4, 0.5) is 0 Å². The van der Waals surface area contributed by atoms with E-state index in [1.807, 2.05) is 11.6 Å². The topological polar surface area (TPSA) is 43.8 Å². The molecule has 0 saturated heterocycles. The fourth-order valence-electron chi connectivity index (χ4n) is 1.97. The minimum absolute atomic E-state index is 0.234. The molecular weight excluding hydrogens is 218 g/mol. The van der Waals surface area contributed by atoms with E-state index in [0.717, 1.165) is 17.5 Å². The second-order valence-electron chi connectivity index (χ2n) is 4.41. The normalized spacial score (nSPS) is 17.6. The molecule has 3 nitrogen and oxygen atoms in total. The molecule has 1 atom stereocenters. The Labute approximate surface area is 98.9 Å². The Morgan fingerprint density at radius 1 is 1.56 bits per heavy atom. The minimum Gasteiger partial charge on any atom is -0.347 e. The fraction of sp³-hybridized carbons (Fsp3) is 0.417. The second kappa shape index (κ2) is 4.03. The van der Waals surface area contributed by atoms with Crippen molar-refractivity contribution in [1.82, 2.24) is 9.55 Å². The number of nitrogens with two attached hydrogens (primary N) is 1. The van der Waals surface area contributed by atoms with Gasteiger partial charge >= 0.3 is 0 Å². The molecule has 16 heavy (non-hydrogen) atoms. The van der Waals surface area contributed by atoms with Crippen molar-refractivity contribution in [2.45, 2.75) is 25.4 Å². The lowest BCUT2D eigenvalue weighted by Gasteiger charge is -2.06. The van der Waals surface area contributed by atoms with E-state index in [9.17, 15) is 0 Å². The maximum atomic E-state index is 6.16. The summed E-state index contributed by atoms with van der Waals surface area (Å²) in [5.41, 5.74) is 7.42. The average Bonchev–Trinajstić information content (AvgIpc) is 2.82. The maximum absolute atomic E-state index is 6.16. The molecule has 0 radical (unpaired) electrons. The number of aromatic nitrogens is 2. The Bertz CT molecular complexity index is 456. The van der Waals surface area contributed by atoms with Gasteiger partial charge in [-0.15, -0.1) is 11.3 Å². The van der Waals surface area contributed by atoms with Crippen LogP contribution in [-0.4, -0.2) is 9.55 Å². The molecule has 1 unspecified atom stereocenters. The largest absolute Gasteiger partial charge is 0.347 e. The SMILES string of the molecule is NC(c1ccn(Cc2nccs2)c1)C1CC1. The van der Waals surface area contributed by atoms with E-state index in [2.05, 4.69) is 28.0 Å². The van der Waals surface area contributed by atoms with Crippen molar-refractivity contribution in [1.29, 1.82) is 0 Å². The van der Waals surface area contributed by atoms with Gasteiger partial charge in [-0.25, -0.2) is 4.98 Å². The van der Waals surface area contributed by atoms with Gasteiger partial charge < -0.3 is 10.3 Å². The van der Waals surface area contributed by atoms with Crippen LogP contribution in [0.5, 0.6) is 0 Å². The molecule has 1 saturated carbocycles. The first kappa shape index (κ1) is 10.1. The summed E-state index contributed by atoms with van der Waals surface area (Å²) in [7, 11) is 0. The Hall–Kier alpha value is -1.13. The fourth-order valence-corrected chi connectivity index (χ4v) is 2.59. The maximum Gasteiger partial charge on any atom is 0.112 e. The predicted octanol–water partition coefficient (Wildman–Crippen LogP) is 2.40. The summed E-state index contributed by atoms with van der Waals surface area (Å²) in [6.07, 6.45) is 8.68. The summed E-state index contributed by atoms with van der Waals surface area (Å²) in [6.45, 7) is 0.856. The first-order valence-corrected chi connectivity index (χ1v) is 6.50. The molecule has 0 aromatic carbocycles. The molecule has 0 bridgehead atoms. The number of hydrogen-bond acceptors (Lipinski definition) is 3. The lowest BCUT2D eigenvalue weighted by atomic mass is 10.1. The highest BCUT2D eigenvalue weighted by Crippen LogP contribution is 2.39. The second-order valence-corrected chi connectivity index (χ2v) is 5.39. The van der Waals surface area contributed by atoms with E-state index in [1.165, 1.54) is 18.4 Å². The standard InChI is InChI=1S/C12H15N3S/c13-12(9-1-2-9)10-3-5-15(7-10)8-11-14-4-6-16-11/h3-7,9,12H,1-2,8,13H2. The van der Waals surface area contributed by atoms with Crippen molar-refractivity contribution in [2.75, 3.05) is 0 Å². The predicted molar refractivity (Wildman–Crippen MR) is 65.3 cm³/mol. The van der Waals surface area contributed by atoms with Crippen LogP contribution >= 0.6 is 11.3 Å². The Kier molecular flexibility index (Phi) is 2.53. The molecule has 4 heteroatoms. The molecule has 1 fully saturated rings. The zero-order chi connectivity index (χ0) is 11.0. The van der Waals surface area contributed by atoms with Gasteiger partial charge in [0.2, 0.25) is 0 Å². The number of thiazole rings is 1. The van der Waals surface area contributed by atoms with Crippen molar-refractivity contribution in [2.24, 2.45) is 11.7 Å². The third kappa shape index (κ3) is 2.03. The molecule has 1 aliphatic rings. The lowest BCUT2D eigenvalue weighted by Crippen LogP contribution is -2.11. The summed E-state index contributed by atoms with van der Waals surface area (Å²) in [5.74, 6) is 0.718. The molecule has 0 amide bonds. The van der Waals surface area contributed by atoms with Gasteiger partial charge in [0.1, 0.15) is 5.01 Å². The van der Waals surface area contributed by atoms with E-state index in [-0.39, 0.29) is 6.04 Å². The zero-order valence-electron chi connectivity index (χ0n) is 9.04. The van der Waals surface area contributed by atoms with Gasteiger partial charge in [0.05, 0.1) is 6.54 Å². The van der Waals surface area contributed by atoms with E-state index >= 15 is 0 Å². The molecule has 2 aromatic rings. The Morgan fingerprint density at radius 3 is 3.12 bits per heavy atom. The quantitative estimate of drug-likeness (QED) is 0.881. The van der Waals surface area contributed by atoms with Crippen LogP contribution in [0.1, 0.15) is 29.5 Å². The molecule has 2 N–H and O–H groups in total. The van der Waals surface area contributed by atoms with E-state index in [1.54, 1.807) is 11.3 Å². The van der Waals surface area contributed by atoms with E-state index < -0.39 is 0 Å². The van der Waals surface area contributed by atoms with Gasteiger partial charge in [-0.3, -0.25) is 0 Å². The van der Waals surface area contributed by atoms with Crippen LogP contribution in [0.3, 0.4) is 0 Å². The van der Waals surface area contributed by atoms with Crippen molar-refractivity contribution in [3.8, 4) is 0 Å². The Morgan fingerprint density at radius 2 is 2.44 bits per heavy atom. The van der Waals surface area contributed by atoms with Crippen molar-refractivity contribution >= 4 is 11.3 Å². The molecular formula is C12H15N3S. The summed E-state index contributed by atoms with van der Waals surface area (Å²) in [6, 6.07) is 2.37. The molecule has 2 aromatic heterocycles. The third-order valence-corrected chi connectivity index (χ3v) is 3.85. The Balaban J connectivity index is 1.72. The van der Waals surface area contributed by atoms with Gasteiger partial charge in [-0.2, -0.15) is 0 Å². The highest BCUT2D eigenvalue weighted by atomic mass is 32.1. The minimum atomic E-state index is 0.234. The number of rotatable bonds is 4. The van der Waals surface area contributed by atoms with Gasteiger partial charge in [0, 0.05) is 30.0 Å². The number of hydrogen-bond donors (Lipinski definition) is 1. The van der Waals surface area contributed by atoms with Gasteiger partial charge in [0.15, 0.2) is 0 Å². The summed E-state index contributed by atoms with van der Waals surface area (Å²) in [5, 5.41) is 3.15. The molecule has 84 valence electrons. The first-order chi connectivity index (χ1) is 7.83. The highest BCUT2D eigenvalue weighted by Gasteiger charge is 2.29. The molecule has 2 heterocycles. The van der Waals surface area contributed by atoms with Crippen molar-refractivity contribution < 1.29 is 0 Å². The third-order valence-electron chi connectivity index (χ3n) is 3.09. The molecule has 1 aliphatic carbocycles. The van der Waals surface area contributed by atoms with Gasteiger partial charge in [0.25, 0.3) is 0 Å². The summed E-state index contributed by atoms with van der Waals surface area (Å²) >= 11 is 1.69. The molecule has 3 rings (SSSR count). The first-order valence-electron chi connectivity index (χ1n) is 5.62. The van der Waals surface area contributed by atoms with Crippen molar-refractivity contribution in [3.05, 3.63) is 40.6 Å². The van der Waals surface area contributed by atoms with E-state index in [0.29, 0.717) is 0 Å². The zero-order valence-corrected chi connectivity index (χ0v) is 9.86. The van der Waals surface area contributed by atoms with Gasteiger partial charge in [-0.1, -0.05) is 0 Å². The number of nitrogens with zero attached hydrogens (tertiary/aromatic N) is 2. The smallest absolute Gasteiger partial charge is 0.112 e. The summed E-state index contributed by atoms with van der Waals surface area (Å²) in [4.78, 5) is 4.28. The lowest BCUT2D eigenvalue weighted by molar-refractivity contribution is 0.630.